The second kappa shape index (κ2) is 7.63. The molecule has 5 rings (SSSR count). The number of aromatic nitrogens is 3. The second-order valence-corrected chi connectivity index (χ2v) is 7.55. The third kappa shape index (κ3) is 3.26. The van der Waals surface area contributed by atoms with Crippen molar-refractivity contribution in [3.05, 3.63) is 72.1 Å². The highest BCUT2D eigenvalue weighted by Gasteiger charge is 2.34. The highest BCUT2D eigenvalue weighted by atomic mass is 16.5. The maximum atomic E-state index is 12.3. The van der Waals surface area contributed by atoms with Crippen LogP contribution < -0.4 is 10.5 Å². The summed E-state index contributed by atoms with van der Waals surface area (Å²) in [7, 11) is 0. The minimum absolute atomic E-state index is 0.0821. The Hall–Kier alpha value is -4.51. The molecular weight excluding hydrogens is 406 g/mol. The monoisotopic (exact) mass is 425 g/mol. The molecule has 4 aromatic rings. The van der Waals surface area contributed by atoms with Crippen LogP contribution in [0.2, 0.25) is 0 Å². The lowest BCUT2D eigenvalue weighted by Gasteiger charge is -2.37. The predicted octanol–water partition coefficient (Wildman–Crippen LogP) is 2.78. The van der Waals surface area contributed by atoms with Gasteiger partial charge in [-0.15, -0.1) is 6.42 Å². The summed E-state index contributed by atoms with van der Waals surface area (Å²) in [4.78, 5) is 30.2. The Morgan fingerprint density at radius 1 is 1.09 bits per heavy atom. The van der Waals surface area contributed by atoms with Gasteiger partial charge in [0.2, 0.25) is 0 Å². The number of amides is 2. The Labute approximate surface area is 183 Å². The average molecular weight is 425 g/mol. The van der Waals surface area contributed by atoms with Crippen molar-refractivity contribution in [2.75, 3.05) is 13.1 Å². The molecule has 1 aliphatic rings. The molecule has 8 heteroatoms. The number of hydrogen-bond acceptors (Lipinski definition) is 4. The summed E-state index contributed by atoms with van der Waals surface area (Å²) < 4.78 is 7.42. The van der Waals surface area contributed by atoms with E-state index in [2.05, 4.69) is 11.0 Å². The van der Waals surface area contributed by atoms with E-state index in [1.165, 1.54) is 0 Å². The molecule has 158 valence electrons. The number of carbonyl (C=O) groups is 2. The first-order chi connectivity index (χ1) is 15.5. The number of terminal acetylenes is 1. The fourth-order valence-corrected chi connectivity index (χ4v) is 3.91. The van der Waals surface area contributed by atoms with Gasteiger partial charge in [0.15, 0.2) is 11.3 Å². The van der Waals surface area contributed by atoms with Crippen molar-refractivity contribution < 1.29 is 14.3 Å². The molecule has 2 amide bonds. The van der Waals surface area contributed by atoms with Crippen LogP contribution in [0.25, 0.3) is 16.9 Å². The Kier molecular flexibility index (Phi) is 4.64. The molecule has 3 heterocycles. The zero-order chi connectivity index (χ0) is 22.2. The lowest BCUT2D eigenvalue weighted by atomic mass is 9.93. The molecule has 1 saturated heterocycles. The largest absolute Gasteiger partial charge is 0.457 e. The number of nitrogens with two attached hydrogens (primary N) is 1. The Morgan fingerprint density at radius 3 is 2.44 bits per heavy atom. The predicted molar refractivity (Wildman–Crippen MR) is 118 cm³/mol. The topological polar surface area (TPSA) is 106 Å². The number of hydrogen-bond donors (Lipinski definition) is 2. The summed E-state index contributed by atoms with van der Waals surface area (Å²) in [6.07, 6.45) is 6.98. The van der Waals surface area contributed by atoms with Gasteiger partial charge in [-0.1, -0.05) is 18.2 Å². The first-order valence-corrected chi connectivity index (χ1v) is 10.0. The number of likely N-dealkylation sites (tertiary alicyclic amines) is 1. The standard InChI is InChI=1S/C24H19N5O3/c1-2-20(30)28-13-16(14-28)19-12-26-29-22(23(25)31)21(27-24(19)29)15-8-10-18(11-9-15)32-17-6-4-3-5-7-17/h1,3-12,16,26H,13-14H2,(H2,25,31). The lowest BCUT2D eigenvalue weighted by Crippen LogP contribution is -2.47. The van der Waals surface area contributed by atoms with E-state index < -0.39 is 5.91 Å². The molecule has 0 atom stereocenters. The molecule has 1 aliphatic heterocycles. The van der Waals surface area contributed by atoms with Crippen molar-refractivity contribution in [3.8, 4) is 35.1 Å². The van der Waals surface area contributed by atoms with Crippen molar-refractivity contribution in [2.24, 2.45) is 5.73 Å². The van der Waals surface area contributed by atoms with Gasteiger partial charge in [-0.3, -0.25) is 14.7 Å². The zero-order valence-electron chi connectivity index (χ0n) is 17.0. The minimum Gasteiger partial charge on any atom is -0.457 e. The van der Waals surface area contributed by atoms with Crippen LogP contribution in [-0.2, 0) is 4.79 Å². The minimum atomic E-state index is -0.594. The quantitative estimate of drug-likeness (QED) is 0.480. The third-order valence-electron chi connectivity index (χ3n) is 5.56. The van der Waals surface area contributed by atoms with E-state index in [0.29, 0.717) is 30.2 Å². The smallest absolute Gasteiger partial charge is 0.298 e. The highest BCUT2D eigenvalue weighted by Crippen LogP contribution is 2.33. The number of H-pyrrole nitrogens is 1. The maximum Gasteiger partial charge on any atom is 0.298 e. The Bertz CT molecular complexity index is 1360. The number of nitrogens with one attached hydrogen (secondary N) is 1. The van der Waals surface area contributed by atoms with Gasteiger partial charge in [-0.25, -0.2) is 9.50 Å². The summed E-state index contributed by atoms with van der Waals surface area (Å²) in [6, 6.07) is 16.8. The van der Waals surface area contributed by atoms with Crippen LogP contribution in [0.15, 0.2) is 60.8 Å². The van der Waals surface area contributed by atoms with E-state index in [9.17, 15) is 9.59 Å². The normalized spacial score (nSPS) is 13.5. The number of benzene rings is 2. The van der Waals surface area contributed by atoms with E-state index in [1.807, 2.05) is 54.6 Å². The molecule has 1 fully saturated rings. The number of imidazole rings is 1. The number of primary amides is 1. The number of ether oxygens (including phenoxy) is 1. The Morgan fingerprint density at radius 2 is 1.78 bits per heavy atom. The first kappa shape index (κ1) is 19.5. The summed E-state index contributed by atoms with van der Waals surface area (Å²) in [5.74, 6) is 2.69. The number of nitrogens with zero attached hydrogens (tertiary/aromatic N) is 3. The van der Waals surface area contributed by atoms with Crippen molar-refractivity contribution in [1.29, 1.82) is 0 Å². The lowest BCUT2D eigenvalue weighted by molar-refractivity contribution is -0.129. The van der Waals surface area contributed by atoms with Gasteiger partial charge in [0.25, 0.3) is 11.8 Å². The van der Waals surface area contributed by atoms with Crippen LogP contribution in [0.3, 0.4) is 0 Å². The summed E-state index contributed by atoms with van der Waals surface area (Å²) in [5, 5.41) is 3.06. The van der Waals surface area contributed by atoms with Gasteiger partial charge in [0.1, 0.15) is 17.2 Å². The molecule has 32 heavy (non-hydrogen) atoms. The van der Waals surface area contributed by atoms with Gasteiger partial charge in [0, 0.05) is 36.3 Å². The van der Waals surface area contributed by atoms with Gasteiger partial charge in [0.05, 0.1) is 0 Å². The van der Waals surface area contributed by atoms with Gasteiger partial charge in [-0.05, 0) is 42.3 Å². The number of rotatable bonds is 5. The molecule has 2 aromatic carbocycles. The maximum absolute atomic E-state index is 12.3. The van der Waals surface area contributed by atoms with Crippen molar-refractivity contribution in [1.82, 2.24) is 19.5 Å². The number of fused-ring (bicyclic) bond motifs is 1. The van der Waals surface area contributed by atoms with Crippen molar-refractivity contribution in [2.45, 2.75) is 5.92 Å². The molecular formula is C24H19N5O3. The van der Waals surface area contributed by atoms with E-state index in [0.717, 1.165) is 16.9 Å². The first-order valence-electron chi connectivity index (χ1n) is 10.0. The number of aromatic amines is 1. The summed E-state index contributed by atoms with van der Waals surface area (Å²) in [5.41, 5.74) is 8.68. The van der Waals surface area contributed by atoms with E-state index in [1.54, 1.807) is 15.6 Å². The SMILES string of the molecule is C#CC(=O)N1CC(c2c[nH]n3c(C(N)=O)c(-c4ccc(Oc5ccccc5)cc4)nc23)C1. The molecule has 0 unspecified atom stereocenters. The highest BCUT2D eigenvalue weighted by molar-refractivity contribution is 5.98. The van der Waals surface area contributed by atoms with E-state index in [-0.39, 0.29) is 17.5 Å². The van der Waals surface area contributed by atoms with Crippen molar-refractivity contribution in [3.63, 3.8) is 0 Å². The fourth-order valence-electron chi connectivity index (χ4n) is 3.91. The molecule has 0 radical (unpaired) electrons. The van der Waals surface area contributed by atoms with Crippen LogP contribution in [0.5, 0.6) is 11.5 Å². The van der Waals surface area contributed by atoms with Gasteiger partial charge >= 0.3 is 0 Å². The van der Waals surface area contributed by atoms with E-state index >= 15 is 0 Å². The third-order valence-corrected chi connectivity index (χ3v) is 5.56. The summed E-state index contributed by atoms with van der Waals surface area (Å²) in [6.45, 7) is 1.02. The average Bonchev–Trinajstić information content (AvgIpc) is 3.33. The molecule has 0 spiro atoms. The molecule has 0 aliphatic carbocycles. The van der Waals surface area contributed by atoms with Crippen molar-refractivity contribution >= 4 is 17.5 Å². The second-order valence-electron chi connectivity index (χ2n) is 7.55. The number of carbonyl (C=O) groups excluding carboxylic acids is 2. The number of para-hydroxylation sites is 1. The molecule has 0 saturated carbocycles. The molecule has 3 N–H and O–H groups in total. The van der Waals surface area contributed by atoms with Crippen LogP contribution >= 0.6 is 0 Å². The van der Waals surface area contributed by atoms with Crippen LogP contribution in [0.1, 0.15) is 22.0 Å². The van der Waals surface area contributed by atoms with Gasteiger partial charge in [-0.2, -0.15) is 0 Å². The van der Waals surface area contributed by atoms with Crippen LogP contribution in [0, 0.1) is 12.3 Å². The van der Waals surface area contributed by atoms with Crippen LogP contribution in [0.4, 0.5) is 0 Å². The summed E-state index contributed by atoms with van der Waals surface area (Å²) >= 11 is 0. The van der Waals surface area contributed by atoms with Crippen LogP contribution in [-0.4, -0.2) is 44.4 Å². The zero-order valence-corrected chi connectivity index (χ0v) is 17.0. The Balaban J connectivity index is 1.46. The van der Waals surface area contributed by atoms with Gasteiger partial charge < -0.3 is 15.4 Å². The molecule has 0 bridgehead atoms. The molecule has 8 nitrogen and oxygen atoms in total. The molecule has 2 aromatic heterocycles. The fraction of sp³-hybridized carbons (Fsp3) is 0.125. The van der Waals surface area contributed by atoms with E-state index in [4.69, 9.17) is 21.9 Å².